The third-order valence-corrected chi connectivity index (χ3v) is 3.90. The van der Waals surface area contributed by atoms with E-state index >= 15 is 0 Å². The van der Waals surface area contributed by atoms with Crippen molar-refractivity contribution in [1.29, 1.82) is 0 Å². The number of hydrogen-bond donors (Lipinski definition) is 0. The van der Waals surface area contributed by atoms with E-state index in [0.29, 0.717) is 18.8 Å². The highest BCUT2D eigenvalue weighted by molar-refractivity contribution is 7.84. The molecule has 0 aromatic carbocycles. The van der Waals surface area contributed by atoms with Gasteiger partial charge in [0.25, 0.3) is 0 Å². The third-order valence-electron chi connectivity index (χ3n) is 2.78. The largest absolute Gasteiger partial charge is 0.346 e. The molecule has 0 aliphatic rings. The van der Waals surface area contributed by atoms with Gasteiger partial charge in [-0.1, -0.05) is 32.8 Å². The number of amides is 1. The van der Waals surface area contributed by atoms with Crippen LogP contribution in [-0.2, 0) is 10.8 Å². The first-order chi connectivity index (χ1) is 9.63. The van der Waals surface area contributed by atoms with Gasteiger partial charge in [-0.2, -0.15) is 4.68 Å². The normalized spacial score (nSPS) is 12.1. The minimum Gasteiger partial charge on any atom is -0.319 e. The minimum atomic E-state index is -1.24. The molecule has 0 aliphatic heterocycles. The Kier molecular flexibility index (Phi) is 7.14. The van der Waals surface area contributed by atoms with Crippen molar-refractivity contribution in [2.45, 2.75) is 38.3 Å². The summed E-state index contributed by atoms with van der Waals surface area (Å²) < 4.78 is 12.7. The van der Waals surface area contributed by atoms with Gasteiger partial charge in [0.2, 0.25) is 5.16 Å². The van der Waals surface area contributed by atoms with Gasteiger partial charge in [0.15, 0.2) is 0 Å². The van der Waals surface area contributed by atoms with Gasteiger partial charge in [-0.25, -0.2) is 9.78 Å². The molecule has 1 rings (SSSR count). The van der Waals surface area contributed by atoms with Gasteiger partial charge >= 0.3 is 6.03 Å². The maximum atomic E-state index is 12.3. The Labute approximate surface area is 122 Å². The van der Waals surface area contributed by atoms with E-state index in [2.05, 4.69) is 23.6 Å². The number of carbonyl (C=O) groups excluding carboxylic acids is 1. The van der Waals surface area contributed by atoms with Crippen molar-refractivity contribution >= 4 is 16.8 Å². The summed E-state index contributed by atoms with van der Waals surface area (Å²) in [5, 5.41) is 4.19. The van der Waals surface area contributed by atoms with Crippen molar-refractivity contribution in [3.63, 3.8) is 0 Å². The Balaban J connectivity index is 2.75. The summed E-state index contributed by atoms with van der Waals surface area (Å²) in [7, 11) is -1.24. The van der Waals surface area contributed by atoms with Crippen LogP contribution in [0.2, 0.25) is 0 Å². The van der Waals surface area contributed by atoms with E-state index in [-0.39, 0.29) is 11.2 Å². The lowest BCUT2D eigenvalue weighted by Crippen LogP contribution is -2.36. The maximum Gasteiger partial charge on any atom is 0.346 e. The van der Waals surface area contributed by atoms with Crippen LogP contribution in [0.1, 0.15) is 33.1 Å². The fourth-order valence-corrected chi connectivity index (χ4v) is 2.29. The Morgan fingerprint density at radius 1 is 1.50 bits per heavy atom. The van der Waals surface area contributed by atoms with Crippen molar-refractivity contribution in [2.75, 3.05) is 18.8 Å². The summed E-state index contributed by atoms with van der Waals surface area (Å²) in [6, 6.07) is -0.257. The van der Waals surface area contributed by atoms with E-state index in [1.165, 1.54) is 6.33 Å². The van der Waals surface area contributed by atoms with Crippen LogP contribution in [0.25, 0.3) is 0 Å². The Morgan fingerprint density at radius 2 is 2.25 bits per heavy atom. The molecule has 1 aromatic rings. The van der Waals surface area contributed by atoms with E-state index < -0.39 is 10.8 Å². The van der Waals surface area contributed by atoms with Gasteiger partial charge in [0.05, 0.1) is 10.8 Å². The predicted molar refractivity (Wildman–Crippen MR) is 79.1 cm³/mol. The van der Waals surface area contributed by atoms with Crippen molar-refractivity contribution < 1.29 is 9.00 Å². The van der Waals surface area contributed by atoms with Gasteiger partial charge in [-0.15, -0.1) is 11.7 Å². The second-order valence-electron chi connectivity index (χ2n) is 4.33. The topological polar surface area (TPSA) is 68.1 Å². The van der Waals surface area contributed by atoms with Crippen molar-refractivity contribution in [1.82, 2.24) is 19.7 Å². The second-order valence-corrected chi connectivity index (χ2v) is 5.96. The highest BCUT2D eigenvalue weighted by Gasteiger charge is 2.17. The number of carbonyl (C=O) groups is 1. The fourth-order valence-electron chi connectivity index (χ4n) is 1.69. The van der Waals surface area contributed by atoms with Crippen LogP contribution in [-0.4, -0.2) is 48.7 Å². The lowest BCUT2D eigenvalue weighted by molar-refractivity contribution is 0.200. The quantitative estimate of drug-likeness (QED) is 0.544. The number of rotatable bonds is 8. The van der Waals surface area contributed by atoms with E-state index in [1.807, 2.05) is 0 Å². The summed E-state index contributed by atoms with van der Waals surface area (Å²) in [6.45, 7) is 8.69. The van der Waals surface area contributed by atoms with Crippen LogP contribution in [0.5, 0.6) is 0 Å². The summed E-state index contributed by atoms with van der Waals surface area (Å²) in [4.78, 5) is 17.9. The maximum absolute atomic E-state index is 12.3. The monoisotopic (exact) mass is 298 g/mol. The van der Waals surface area contributed by atoms with E-state index in [9.17, 15) is 9.00 Å². The minimum absolute atomic E-state index is 0.202. The molecule has 1 amide bonds. The van der Waals surface area contributed by atoms with E-state index in [1.54, 1.807) is 17.9 Å². The third kappa shape index (κ3) is 4.56. The van der Waals surface area contributed by atoms with Crippen LogP contribution in [0.4, 0.5) is 4.79 Å². The highest BCUT2D eigenvalue weighted by atomic mass is 32.2. The molecular weight excluding hydrogens is 276 g/mol. The first-order valence-corrected chi connectivity index (χ1v) is 8.16. The van der Waals surface area contributed by atoms with Gasteiger partial charge in [-0.3, -0.25) is 4.21 Å². The Bertz CT molecular complexity index is 473. The molecule has 0 radical (unpaired) electrons. The number of hydrogen-bond acceptors (Lipinski definition) is 4. The van der Waals surface area contributed by atoms with Crippen LogP contribution in [0.15, 0.2) is 24.1 Å². The fraction of sp³-hybridized carbons (Fsp3) is 0.615. The molecule has 1 atom stereocenters. The molecule has 1 aromatic heterocycles. The lowest BCUT2D eigenvalue weighted by atomic mass is 10.2. The summed E-state index contributed by atoms with van der Waals surface area (Å²) in [5.74, 6) is 0.436. The van der Waals surface area contributed by atoms with E-state index in [4.69, 9.17) is 0 Å². The van der Waals surface area contributed by atoms with Crippen molar-refractivity contribution in [3.8, 4) is 0 Å². The number of nitrogens with zero attached hydrogens (tertiary/aromatic N) is 4. The SMILES string of the molecule is C=CCN(CCCCC)C(=O)n1cnc(S(=O)CC)n1. The molecule has 0 spiro atoms. The van der Waals surface area contributed by atoms with Gasteiger partial charge in [0, 0.05) is 18.8 Å². The van der Waals surface area contributed by atoms with Gasteiger partial charge in [-0.05, 0) is 6.42 Å². The molecule has 112 valence electrons. The summed E-state index contributed by atoms with van der Waals surface area (Å²) in [5.41, 5.74) is 0. The van der Waals surface area contributed by atoms with Gasteiger partial charge < -0.3 is 4.90 Å². The molecule has 0 fully saturated rings. The Hall–Kier alpha value is -1.50. The standard InChI is InChI=1S/C13H22N4O2S/c1-4-7-8-10-16(9-5-2)13(18)17-11-14-12(15-17)20(19)6-3/h5,11H,2,4,6-10H2,1,3H3. The van der Waals surface area contributed by atoms with Gasteiger partial charge in [0.1, 0.15) is 6.33 Å². The first-order valence-electron chi connectivity index (χ1n) is 6.84. The smallest absolute Gasteiger partial charge is 0.319 e. The van der Waals surface area contributed by atoms with Crippen LogP contribution >= 0.6 is 0 Å². The Morgan fingerprint density at radius 3 is 2.85 bits per heavy atom. The molecule has 20 heavy (non-hydrogen) atoms. The molecule has 0 aliphatic carbocycles. The summed E-state index contributed by atoms with van der Waals surface area (Å²) >= 11 is 0. The predicted octanol–water partition coefficient (Wildman–Crippen LogP) is 2.05. The molecule has 0 saturated heterocycles. The number of unbranched alkanes of at least 4 members (excludes halogenated alkanes) is 2. The zero-order valence-corrected chi connectivity index (χ0v) is 12.9. The number of aromatic nitrogens is 3. The van der Waals surface area contributed by atoms with Crippen LogP contribution in [0, 0.1) is 0 Å². The molecule has 0 saturated carbocycles. The molecule has 7 heteroatoms. The highest BCUT2D eigenvalue weighted by Crippen LogP contribution is 2.04. The second kappa shape index (κ2) is 8.63. The summed E-state index contributed by atoms with van der Waals surface area (Å²) in [6.07, 6.45) is 6.12. The van der Waals surface area contributed by atoms with Crippen LogP contribution in [0.3, 0.4) is 0 Å². The molecular formula is C13H22N4O2S. The molecule has 1 unspecified atom stereocenters. The average Bonchev–Trinajstić information content (AvgIpc) is 2.94. The van der Waals surface area contributed by atoms with Crippen molar-refractivity contribution in [3.05, 3.63) is 19.0 Å². The average molecular weight is 298 g/mol. The molecule has 0 bridgehead atoms. The zero-order chi connectivity index (χ0) is 15.0. The van der Waals surface area contributed by atoms with Crippen molar-refractivity contribution in [2.24, 2.45) is 0 Å². The lowest BCUT2D eigenvalue weighted by Gasteiger charge is -2.20. The molecule has 1 heterocycles. The van der Waals surface area contributed by atoms with E-state index in [0.717, 1.165) is 23.9 Å². The van der Waals surface area contributed by atoms with Crippen LogP contribution < -0.4 is 0 Å². The molecule has 6 nitrogen and oxygen atoms in total. The zero-order valence-electron chi connectivity index (χ0n) is 12.1. The molecule has 0 N–H and O–H groups in total. The first kappa shape index (κ1) is 16.6.